The first-order valence-electron chi connectivity index (χ1n) is 23.8. The standard InChI is InChI=1S/C52H76N2O5/c1-7-8-9-12-34-57-43-25-23-42(24-26-43)54-53-41-21-18-39(19-22-41)50(56)58-35-13-10-11-17-49(55)59-44-30-32-51(5)40(36-44)20-27-45-47-29-28-46(38(4)16-14-15-37(2)3)52(47,6)33-31-48(45)51/h18-26,37-38,44-48H,7-17,27-36H2,1-6H3/t38-,44+,45+,46-,47+,48+,51+,52-/m1/s1. The van der Waals surface area contributed by atoms with Gasteiger partial charge in [-0.25, -0.2) is 4.79 Å². The minimum absolute atomic E-state index is 0.0000351. The molecule has 4 aliphatic rings. The molecule has 0 aromatic heterocycles. The molecule has 0 saturated heterocycles. The summed E-state index contributed by atoms with van der Waals surface area (Å²) in [4.78, 5) is 25.6. The Balaban J connectivity index is 0.859. The van der Waals surface area contributed by atoms with Crippen LogP contribution in [-0.2, 0) is 14.3 Å². The zero-order valence-electron chi connectivity index (χ0n) is 37.5. The first-order chi connectivity index (χ1) is 28.5. The molecule has 3 fully saturated rings. The number of carbonyl (C=O) groups excluding carboxylic acids is 2. The minimum Gasteiger partial charge on any atom is -0.494 e. The Labute approximate surface area is 356 Å². The molecule has 8 atom stereocenters. The molecule has 4 aliphatic carbocycles. The molecule has 0 N–H and O–H groups in total. The van der Waals surface area contributed by atoms with Crippen molar-refractivity contribution in [3.05, 3.63) is 65.7 Å². The summed E-state index contributed by atoms with van der Waals surface area (Å²) in [6, 6.07) is 14.5. The molecule has 0 amide bonds. The van der Waals surface area contributed by atoms with Gasteiger partial charge in [-0.15, -0.1) is 0 Å². The van der Waals surface area contributed by atoms with Crippen molar-refractivity contribution in [1.29, 1.82) is 0 Å². The van der Waals surface area contributed by atoms with Gasteiger partial charge in [0.2, 0.25) is 0 Å². The summed E-state index contributed by atoms with van der Waals surface area (Å²) >= 11 is 0. The molecule has 0 unspecified atom stereocenters. The molecule has 0 heterocycles. The van der Waals surface area contributed by atoms with Gasteiger partial charge in [-0.3, -0.25) is 4.79 Å². The van der Waals surface area contributed by atoms with Gasteiger partial charge in [0, 0.05) is 12.8 Å². The summed E-state index contributed by atoms with van der Waals surface area (Å²) in [7, 11) is 0. The average molecular weight is 809 g/mol. The number of azo groups is 1. The Hall–Kier alpha value is -3.48. The molecule has 2 aromatic rings. The van der Waals surface area contributed by atoms with Crippen LogP contribution >= 0.6 is 0 Å². The molecule has 7 heteroatoms. The van der Waals surface area contributed by atoms with E-state index in [0.717, 1.165) is 92.1 Å². The molecule has 59 heavy (non-hydrogen) atoms. The number of fused-ring (bicyclic) bond motifs is 5. The number of allylic oxidation sites excluding steroid dienone is 1. The number of esters is 2. The lowest BCUT2D eigenvalue weighted by atomic mass is 9.47. The Bertz CT molecular complexity index is 1700. The van der Waals surface area contributed by atoms with Crippen LogP contribution in [-0.4, -0.2) is 31.3 Å². The fourth-order valence-corrected chi connectivity index (χ4v) is 11.9. The summed E-state index contributed by atoms with van der Waals surface area (Å²) in [5.41, 5.74) is 4.21. The third-order valence-corrected chi connectivity index (χ3v) is 15.3. The van der Waals surface area contributed by atoms with E-state index in [-0.39, 0.29) is 23.5 Å². The van der Waals surface area contributed by atoms with Crippen LogP contribution in [0.25, 0.3) is 0 Å². The van der Waals surface area contributed by atoms with E-state index in [1.165, 1.54) is 70.6 Å². The van der Waals surface area contributed by atoms with Gasteiger partial charge in [0.05, 0.1) is 30.2 Å². The topological polar surface area (TPSA) is 86.5 Å². The highest BCUT2D eigenvalue weighted by Gasteiger charge is 2.59. The summed E-state index contributed by atoms with van der Waals surface area (Å²) < 4.78 is 17.4. The van der Waals surface area contributed by atoms with E-state index < -0.39 is 0 Å². The number of rotatable bonds is 21. The second-order valence-corrected chi connectivity index (χ2v) is 19.7. The fourth-order valence-electron chi connectivity index (χ4n) is 11.9. The van der Waals surface area contributed by atoms with Gasteiger partial charge < -0.3 is 14.2 Å². The molecule has 324 valence electrons. The maximum absolute atomic E-state index is 12.9. The maximum atomic E-state index is 12.9. The number of ether oxygens (including phenoxy) is 3. The summed E-state index contributed by atoms with van der Waals surface area (Å²) in [5.74, 6) is 5.38. The lowest BCUT2D eigenvalue weighted by Crippen LogP contribution is -2.51. The lowest BCUT2D eigenvalue weighted by molar-refractivity contribution is -0.151. The number of carbonyl (C=O) groups is 2. The van der Waals surface area contributed by atoms with Crippen LogP contribution < -0.4 is 4.74 Å². The summed E-state index contributed by atoms with van der Waals surface area (Å²) in [6.45, 7) is 15.8. The normalized spacial score (nSPS) is 28.1. The molecule has 0 bridgehead atoms. The van der Waals surface area contributed by atoms with Crippen LogP contribution in [0.15, 0.2) is 70.4 Å². The Morgan fingerprint density at radius 1 is 0.763 bits per heavy atom. The predicted molar refractivity (Wildman–Crippen MR) is 238 cm³/mol. The van der Waals surface area contributed by atoms with Gasteiger partial charge in [-0.05, 0) is 165 Å². The second kappa shape index (κ2) is 21.4. The van der Waals surface area contributed by atoms with Gasteiger partial charge in [-0.2, -0.15) is 10.2 Å². The second-order valence-electron chi connectivity index (χ2n) is 19.7. The summed E-state index contributed by atoms with van der Waals surface area (Å²) in [6.07, 6.45) is 24.0. The third-order valence-electron chi connectivity index (χ3n) is 15.3. The van der Waals surface area contributed by atoms with Crippen LogP contribution in [0.1, 0.15) is 174 Å². The van der Waals surface area contributed by atoms with Crippen LogP contribution in [0.2, 0.25) is 0 Å². The van der Waals surface area contributed by atoms with Gasteiger partial charge in [0.25, 0.3) is 0 Å². The van der Waals surface area contributed by atoms with Gasteiger partial charge in [0.15, 0.2) is 0 Å². The molecule has 2 aromatic carbocycles. The molecule has 0 aliphatic heterocycles. The molecule has 7 nitrogen and oxygen atoms in total. The number of nitrogens with zero attached hydrogens (tertiary/aromatic N) is 2. The van der Waals surface area contributed by atoms with Crippen molar-refractivity contribution in [2.75, 3.05) is 13.2 Å². The van der Waals surface area contributed by atoms with Crippen LogP contribution in [0.3, 0.4) is 0 Å². The van der Waals surface area contributed by atoms with Crippen molar-refractivity contribution in [3.8, 4) is 5.75 Å². The number of hydrogen-bond donors (Lipinski definition) is 0. The monoisotopic (exact) mass is 809 g/mol. The van der Waals surface area contributed by atoms with E-state index in [1.54, 1.807) is 29.8 Å². The minimum atomic E-state index is -0.359. The van der Waals surface area contributed by atoms with Crippen molar-refractivity contribution in [3.63, 3.8) is 0 Å². The van der Waals surface area contributed by atoms with Gasteiger partial charge in [-0.1, -0.05) is 91.7 Å². The quantitative estimate of drug-likeness (QED) is 0.0542. The van der Waals surface area contributed by atoms with E-state index in [1.807, 2.05) is 24.3 Å². The van der Waals surface area contributed by atoms with E-state index in [4.69, 9.17) is 14.2 Å². The number of benzene rings is 2. The first kappa shape index (κ1) is 45.1. The Morgan fingerprint density at radius 3 is 2.20 bits per heavy atom. The van der Waals surface area contributed by atoms with Crippen molar-refractivity contribution >= 4 is 23.3 Å². The number of hydrogen-bond acceptors (Lipinski definition) is 7. The highest BCUT2D eigenvalue weighted by atomic mass is 16.5. The van der Waals surface area contributed by atoms with E-state index in [9.17, 15) is 9.59 Å². The van der Waals surface area contributed by atoms with E-state index in [0.29, 0.717) is 36.1 Å². The van der Waals surface area contributed by atoms with Gasteiger partial charge >= 0.3 is 11.9 Å². The Morgan fingerprint density at radius 2 is 1.47 bits per heavy atom. The third kappa shape index (κ3) is 11.7. The van der Waals surface area contributed by atoms with Crippen LogP contribution in [0.5, 0.6) is 5.75 Å². The Kier molecular flexibility index (Phi) is 16.3. The maximum Gasteiger partial charge on any atom is 0.338 e. The first-order valence-corrected chi connectivity index (χ1v) is 23.8. The van der Waals surface area contributed by atoms with E-state index >= 15 is 0 Å². The van der Waals surface area contributed by atoms with E-state index in [2.05, 4.69) is 57.8 Å². The van der Waals surface area contributed by atoms with Crippen molar-refractivity contribution in [2.45, 2.75) is 170 Å². The molecule has 3 saturated carbocycles. The lowest BCUT2D eigenvalue weighted by Gasteiger charge is -2.58. The van der Waals surface area contributed by atoms with Crippen molar-refractivity contribution in [1.82, 2.24) is 0 Å². The highest BCUT2D eigenvalue weighted by Crippen LogP contribution is 2.67. The molecular formula is C52H76N2O5. The zero-order chi connectivity index (χ0) is 41.8. The SMILES string of the molecule is CCCCCCOc1ccc(N=Nc2ccc(C(=O)OCCCCCC(=O)O[C@H]3CC[C@@]4(C)C(=CC[C@H]5[C@@H]6CC[C@H]([C@H](C)CCCC(C)C)[C@@]6(C)CC[C@@H]54)C3)cc2)cc1. The summed E-state index contributed by atoms with van der Waals surface area (Å²) in [5, 5.41) is 8.62. The zero-order valence-corrected chi connectivity index (χ0v) is 37.5. The van der Waals surface area contributed by atoms with Gasteiger partial charge in [0.1, 0.15) is 11.9 Å². The fraction of sp³-hybridized carbons (Fsp3) is 0.692. The largest absolute Gasteiger partial charge is 0.494 e. The van der Waals surface area contributed by atoms with Crippen molar-refractivity contribution < 1.29 is 23.8 Å². The van der Waals surface area contributed by atoms with Crippen LogP contribution in [0, 0.1) is 46.3 Å². The molecule has 6 rings (SSSR count). The smallest absolute Gasteiger partial charge is 0.338 e. The highest BCUT2D eigenvalue weighted by molar-refractivity contribution is 5.89. The molecule has 0 radical (unpaired) electrons. The number of unbranched alkanes of at least 4 members (excludes halogenated alkanes) is 5. The predicted octanol–water partition coefficient (Wildman–Crippen LogP) is 14.7. The average Bonchev–Trinajstić information content (AvgIpc) is 3.59. The van der Waals surface area contributed by atoms with Crippen LogP contribution in [0.4, 0.5) is 11.4 Å². The van der Waals surface area contributed by atoms with Crippen molar-refractivity contribution in [2.24, 2.45) is 56.6 Å². The molecular weight excluding hydrogens is 733 g/mol. The molecule has 0 spiro atoms.